The van der Waals surface area contributed by atoms with E-state index in [1.807, 2.05) is 7.05 Å². The zero-order valence-corrected chi connectivity index (χ0v) is 12.6. The molecule has 2 rings (SSSR count). The first-order valence-electron chi connectivity index (χ1n) is 7.66. The topological polar surface area (TPSA) is 41.6 Å². The Bertz CT molecular complexity index is 321. The Labute approximate surface area is 116 Å². The highest BCUT2D eigenvalue weighted by Gasteiger charge is 2.44. The van der Waals surface area contributed by atoms with Crippen LogP contribution in [-0.4, -0.2) is 49.2 Å². The first-order chi connectivity index (χ1) is 9.13. The van der Waals surface area contributed by atoms with Crippen molar-refractivity contribution in [3.05, 3.63) is 0 Å². The van der Waals surface area contributed by atoms with E-state index >= 15 is 0 Å². The summed E-state index contributed by atoms with van der Waals surface area (Å²) in [6, 6.07) is 1.18. The third kappa shape index (κ3) is 2.95. The monoisotopic (exact) mass is 268 g/mol. The molecule has 4 heteroatoms. The van der Waals surface area contributed by atoms with Crippen molar-refractivity contribution >= 4 is 5.97 Å². The fraction of sp³-hybridized carbons (Fsp3) is 0.933. The zero-order chi connectivity index (χ0) is 13.9. The highest BCUT2D eigenvalue weighted by molar-refractivity contribution is 5.81. The van der Waals surface area contributed by atoms with Gasteiger partial charge in [0.05, 0.1) is 7.11 Å². The molecule has 0 aromatic carbocycles. The molecule has 110 valence electrons. The van der Waals surface area contributed by atoms with Gasteiger partial charge in [-0.2, -0.15) is 0 Å². The largest absolute Gasteiger partial charge is 0.468 e. The third-order valence-corrected chi connectivity index (χ3v) is 5.10. The molecule has 1 saturated carbocycles. The molecule has 3 atom stereocenters. The minimum absolute atomic E-state index is 0.0932. The summed E-state index contributed by atoms with van der Waals surface area (Å²) in [5, 5.41) is 3.25. The maximum atomic E-state index is 12.1. The third-order valence-electron chi connectivity index (χ3n) is 5.10. The van der Waals surface area contributed by atoms with Crippen LogP contribution in [0.5, 0.6) is 0 Å². The van der Waals surface area contributed by atoms with Gasteiger partial charge in [-0.15, -0.1) is 0 Å². The van der Waals surface area contributed by atoms with E-state index in [0.717, 1.165) is 19.3 Å². The first kappa shape index (κ1) is 14.8. The Hall–Kier alpha value is -0.610. The summed E-state index contributed by atoms with van der Waals surface area (Å²) in [5.41, 5.74) is -0.463. The van der Waals surface area contributed by atoms with Crippen LogP contribution in [0.1, 0.15) is 51.9 Å². The zero-order valence-electron chi connectivity index (χ0n) is 12.6. The van der Waals surface area contributed by atoms with E-state index in [-0.39, 0.29) is 5.97 Å². The van der Waals surface area contributed by atoms with Crippen LogP contribution in [0, 0.1) is 0 Å². The lowest BCUT2D eigenvalue weighted by atomic mass is 9.77. The fourth-order valence-corrected chi connectivity index (χ4v) is 3.90. The smallest absolute Gasteiger partial charge is 0.326 e. The second kappa shape index (κ2) is 6.23. The van der Waals surface area contributed by atoms with Crippen LogP contribution < -0.4 is 5.32 Å². The molecule has 2 aliphatic rings. The molecule has 1 aliphatic carbocycles. The van der Waals surface area contributed by atoms with Crippen LogP contribution in [0.15, 0.2) is 0 Å². The van der Waals surface area contributed by atoms with Crippen LogP contribution in [-0.2, 0) is 9.53 Å². The maximum absolute atomic E-state index is 12.1. The number of piperidine rings is 1. The van der Waals surface area contributed by atoms with Crippen molar-refractivity contribution < 1.29 is 9.53 Å². The Morgan fingerprint density at radius 1 is 1.32 bits per heavy atom. The highest BCUT2D eigenvalue weighted by Crippen LogP contribution is 2.34. The number of ether oxygens (including phenoxy) is 1. The van der Waals surface area contributed by atoms with E-state index in [1.54, 1.807) is 0 Å². The van der Waals surface area contributed by atoms with Gasteiger partial charge in [0.2, 0.25) is 0 Å². The quantitative estimate of drug-likeness (QED) is 0.794. The van der Waals surface area contributed by atoms with E-state index < -0.39 is 5.54 Å². The van der Waals surface area contributed by atoms with Gasteiger partial charge in [0, 0.05) is 12.1 Å². The molecule has 0 spiro atoms. The molecular weight excluding hydrogens is 240 g/mol. The van der Waals surface area contributed by atoms with Gasteiger partial charge in [-0.25, -0.2) is 0 Å². The first-order valence-corrected chi connectivity index (χ1v) is 7.66. The Kier molecular flexibility index (Phi) is 4.85. The Morgan fingerprint density at radius 3 is 2.74 bits per heavy atom. The normalized spacial score (nSPS) is 37.0. The number of hydrogen-bond acceptors (Lipinski definition) is 4. The van der Waals surface area contributed by atoms with E-state index in [4.69, 9.17) is 4.74 Å². The number of rotatable bonds is 3. The average molecular weight is 268 g/mol. The number of likely N-dealkylation sites (tertiary alicyclic amines) is 1. The predicted molar refractivity (Wildman–Crippen MR) is 76.1 cm³/mol. The van der Waals surface area contributed by atoms with Crippen molar-refractivity contribution in [2.45, 2.75) is 69.5 Å². The molecule has 1 heterocycles. The Morgan fingerprint density at radius 2 is 2.11 bits per heavy atom. The summed E-state index contributed by atoms with van der Waals surface area (Å²) in [7, 11) is 3.38. The second-order valence-electron chi connectivity index (χ2n) is 6.16. The summed E-state index contributed by atoms with van der Waals surface area (Å²) in [6.07, 6.45) is 8.04. The molecule has 0 bridgehead atoms. The lowest BCUT2D eigenvalue weighted by Gasteiger charge is -2.46. The number of nitrogens with zero attached hydrogens (tertiary/aromatic N) is 1. The van der Waals surface area contributed by atoms with Crippen molar-refractivity contribution in [1.82, 2.24) is 10.2 Å². The molecule has 1 aliphatic heterocycles. The summed E-state index contributed by atoms with van der Waals surface area (Å²) >= 11 is 0. The van der Waals surface area contributed by atoms with Gasteiger partial charge in [0.25, 0.3) is 0 Å². The summed E-state index contributed by atoms with van der Waals surface area (Å²) < 4.78 is 5.03. The molecule has 0 radical (unpaired) electrons. The number of esters is 1. The molecule has 19 heavy (non-hydrogen) atoms. The van der Waals surface area contributed by atoms with Crippen LogP contribution in [0.25, 0.3) is 0 Å². The standard InChI is InChI=1S/C15H28N2O2/c1-12-7-4-5-10-17(12)13-8-6-9-15(11-13,16-2)14(18)19-3/h12-13,16H,4-11H2,1-3H3. The summed E-state index contributed by atoms with van der Waals surface area (Å²) in [6.45, 7) is 3.51. The van der Waals surface area contributed by atoms with Crippen molar-refractivity contribution in [2.24, 2.45) is 0 Å². The van der Waals surface area contributed by atoms with E-state index in [2.05, 4.69) is 17.1 Å². The van der Waals surface area contributed by atoms with Crippen LogP contribution in [0.4, 0.5) is 0 Å². The molecule has 4 nitrogen and oxygen atoms in total. The average Bonchev–Trinajstić information content (AvgIpc) is 2.46. The molecular formula is C15H28N2O2. The van der Waals surface area contributed by atoms with Crippen LogP contribution in [0.2, 0.25) is 0 Å². The van der Waals surface area contributed by atoms with Gasteiger partial charge in [0.1, 0.15) is 5.54 Å². The molecule has 1 N–H and O–H groups in total. The summed E-state index contributed by atoms with van der Waals surface area (Å²) in [4.78, 5) is 14.7. The highest BCUT2D eigenvalue weighted by atomic mass is 16.5. The maximum Gasteiger partial charge on any atom is 0.326 e. The van der Waals surface area contributed by atoms with Crippen molar-refractivity contribution in [2.75, 3.05) is 20.7 Å². The van der Waals surface area contributed by atoms with Gasteiger partial charge in [-0.05, 0) is 59.0 Å². The van der Waals surface area contributed by atoms with Gasteiger partial charge in [-0.1, -0.05) is 6.42 Å². The van der Waals surface area contributed by atoms with Crippen molar-refractivity contribution in [3.63, 3.8) is 0 Å². The van der Waals surface area contributed by atoms with Gasteiger partial charge >= 0.3 is 5.97 Å². The summed E-state index contributed by atoms with van der Waals surface area (Å²) in [5.74, 6) is -0.0932. The lowest BCUT2D eigenvalue weighted by Crippen LogP contribution is -2.59. The van der Waals surface area contributed by atoms with E-state index in [1.165, 1.54) is 39.3 Å². The fourth-order valence-electron chi connectivity index (χ4n) is 3.90. The number of likely N-dealkylation sites (N-methyl/N-ethyl adjacent to an activating group) is 1. The van der Waals surface area contributed by atoms with Crippen LogP contribution >= 0.6 is 0 Å². The number of methoxy groups -OCH3 is 1. The van der Waals surface area contributed by atoms with Gasteiger partial charge in [0.15, 0.2) is 0 Å². The second-order valence-corrected chi connectivity index (χ2v) is 6.16. The van der Waals surface area contributed by atoms with Gasteiger partial charge in [-0.3, -0.25) is 9.69 Å². The number of nitrogens with one attached hydrogen (secondary N) is 1. The van der Waals surface area contributed by atoms with Crippen LogP contribution in [0.3, 0.4) is 0 Å². The number of hydrogen-bond donors (Lipinski definition) is 1. The Balaban J connectivity index is 2.08. The minimum atomic E-state index is -0.463. The SMILES string of the molecule is CNC1(C(=O)OC)CCCC(N2CCCCC2C)C1. The number of carbonyl (C=O) groups is 1. The van der Waals surface area contributed by atoms with Crippen molar-refractivity contribution in [3.8, 4) is 0 Å². The minimum Gasteiger partial charge on any atom is -0.468 e. The predicted octanol–water partition coefficient (Wildman–Crippen LogP) is 1.93. The van der Waals surface area contributed by atoms with E-state index in [0.29, 0.717) is 12.1 Å². The molecule has 0 aromatic rings. The molecule has 1 saturated heterocycles. The van der Waals surface area contributed by atoms with Gasteiger partial charge < -0.3 is 10.1 Å². The van der Waals surface area contributed by atoms with Crippen molar-refractivity contribution in [1.29, 1.82) is 0 Å². The molecule has 0 amide bonds. The van der Waals surface area contributed by atoms with E-state index in [9.17, 15) is 4.79 Å². The molecule has 2 fully saturated rings. The lowest BCUT2D eigenvalue weighted by molar-refractivity contribution is -0.151. The number of carbonyl (C=O) groups excluding carboxylic acids is 1. The molecule has 0 aromatic heterocycles. The molecule has 3 unspecified atom stereocenters.